The molecule has 19 heavy (non-hydrogen) atoms. The van der Waals surface area contributed by atoms with Gasteiger partial charge < -0.3 is 0 Å². The summed E-state index contributed by atoms with van der Waals surface area (Å²) in [7, 11) is -3.55. The first-order chi connectivity index (χ1) is 9.15. The van der Waals surface area contributed by atoms with Crippen LogP contribution in [0.4, 0.5) is 5.82 Å². The van der Waals surface area contributed by atoms with Crippen molar-refractivity contribution in [1.29, 1.82) is 0 Å². The minimum absolute atomic E-state index is 0.304. The number of sulfonamides is 1. The van der Waals surface area contributed by atoms with Crippen molar-refractivity contribution in [3.8, 4) is 0 Å². The number of aromatic nitrogens is 1. The number of pyridine rings is 1. The molecule has 5 heteroatoms. The molecule has 0 fully saturated rings. The molecule has 0 atom stereocenters. The first kappa shape index (κ1) is 12.2. The van der Waals surface area contributed by atoms with Crippen molar-refractivity contribution in [1.82, 2.24) is 4.98 Å². The number of hydrogen-bond donors (Lipinski definition) is 1. The Morgan fingerprint density at radius 2 is 1.89 bits per heavy atom. The van der Waals surface area contributed by atoms with E-state index in [1.54, 1.807) is 36.5 Å². The highest BCUT2D eigenvalue weighted by molar-refractivity contribution is 7.92. The molecule has 0 radical (unpaired) electrons. The van der Waals surface area contributed by atoms with Gasteiger partial charge in [0, 0.05) is 6.20 Å². The van der Waals surface area contributed by atoms with Crippen molar-refractivity contribution in [2.75, 3.05) is 4.72 Å². The standard InChI is InChI=1S/C14H14N2O2S/c17-19(18,16-14-6-1-2-9-15-14)13-8-7-11-4-3-5-12(11)10-13/h1-2,6-10H,3-5H2,(H,15,16). The van der Waals surface area contributed by atoms with Gasteiger partial charge in [-0.1, -0.05) is 12.1 Å². The maximum Gasteiger partial charge on any atom is 0.263 e. The van der Waals surface area contributed by atoms with Gasteiger partial charge in [0.25, 0.3) is 10.0 Å². The second-order valence-electron chi connectivity index (χ2n) is 4.60. The van der Waals surface area contributed by atoms with Gasteiger partial charge in [0.1, 0.15) is 5.82 Å². The number of hydrogen-bond acceptors (Lipinski definition) is 3. The van der Waals surface area contributed by atoms with E-state index < -0.39 is 10.0 Å². The fraction of sp³-hybridized carbons (Fsp3) is 0.214. The lowest BCUT2D eigenvalue weighted by atomic mass is 10.1. The average molecular weight is 274 g/mol. The Labute approximate surface area is 112 Å². The zero-order valence-electron chi connectivity index (χ0n) is 10.3. The maximum absolute atomic E-state index is 12.3. The topological polar surface area (TPSA) is 59.1 Å². The molecular weight excluding hydrogens is 260 g/mol. The van der Waals surface area contributed by atoms with Crippen LogP contribution >= 0.6 is 0 Å². The quantitative estimate of drug-likeness (QED) is 0.934. The molecule has 0 saturated heterocycles. The van der Waals surface area contributed by atoms with Crippen LogP contribution in [0.15, 0.2) is 47.5 Å². The van der Waals surface area contributed by atoms with Crippen LogP contribution in [-0.2, 0) is 22.9 Å². The predicted molar refractivity (Wildman–Crippen MR) is 73.5 cm³/mol. The number of anilines is 1. The van der Waals surface area contributed by atoms with E-state index in [9.17, 15) is 8.42 Å². The molecule has 1 aromatic carbocycles. The highest BCUT2D eigenvalue weighted by atomic mass is 32.2. The monoisotopic (exact) mass is 274 g/mol. The highest BCUT2D eigenvalue weighted by Crippen LogP contribution is 2.25. The number of nitrogens with one attached hydrogen (secondary N) is 1. The average Bonchev–Trinajstić information content (AvgIpc) is 2.86. The Bertz CT molecular complexity index is 697. The summed E-state index contributed by atoms with van der Waals surface area (Å²) in [6, 6.07) is 10.5. The van der Waals surface area contributed by atoms with E-state index >= 15 is 0 Å². The number of benzene rings is 1. The smallest absolute Gasteiger partial charge is 0.263 e. The van der Waals surface area contributed by atoms with Gasteiger partial charge in [-0.15, -0.1) is 0 Å². The summed E-state index contributed by atoms with van der Waals surface area (Å²) in [4.78, 5) is 4.28. The highest BCUT2D eigenvalue weighted by Gasteiger charge is 2.18. The molecule has 0 spiro atoms. The maximum atomic E-state index is 12.3. The summed E-state index contributed by atoms with van der Waals surface area (Å²) < 4.78 is 27.0. The molecule has 0 bridgehead atoms. The third-order valence-electron chi connectivity index (χ3n) is 3.28. The third kappa shape index (κ3) is 2.46. The lowest BCUT2D eigenvalue weighted by Gasteiger charge is -2.08. The normalized spacial score (nSPS) is 14.1. The Balaban J connectivity index is 1.92. The fourth-order valence-electron chi connectivity index (χ4n) is 2.34. The molecule has 1 aliphatic carbocycles. The van der Waals surface area contributed by atoms with Crippen LogP contribution in [-0.4, -0.2) is 13.4 Å². The summed E-state index contributed by atoms with van der Waals surface area (Å²) in [5.41, 5.74) is 2.40. The van der Waals surface area contributed by atoms with Crippen LogP contribution in [0.2, 0.25) is 0 Å². The Hall–Kier alpha value is -1.88. The third-order valence-corrected chi connectivity index (χ3v) is 4.64. The molecule has 0 saturated carbocycles. The van der Waals surface area contributed by atoms with Crippen molar-refractivity contribution in [3.05, 3.63) is 53.7 Å². The van der Waals surface area contributed by atoms with Crippen molar-refractivity contribution in [2.45, 2.75) is 24.2 Å². The van der Waals surface area contributed by atoms with Crippen LogP contribution in [0.1, 0.15) is 17.5 Å². The Kier molecular flexibility index (Phi) is 2.98. The van der Waals surface area contributed by atoms with Gasteiger partial charge in [0.15, 0.2) is 0 Å². The molecule has 1 aromatic heterocycles. The molecule has 1 aliphatic rings. The van der Waals surface area contributed by atoms with Crippen LogP contribution in [0.5, 0.6) is 0 Å². The van der Waals surface area contributed by atoms with Gasteiger partial charge >= 0.3 is 0 Å². The molecule has 3 rings (SSSR count). The van der Waals surface area contributed by atoms with E-state index in [1.807, 2.05) is 6.07 Å². The van der Waals surface area contributed by atoms with E-state index in [1.165, 1.54) is 5.56 Å². The van der Waals surface area contributed by atoms with Crippen molar-refractivity contribution in [3.63, 3.8) is 0 Å². The summed E-state index contributed by atoms with van der Waals surface area (Å²) in [5, 5.41) is 0. The molecule has 1 N–H and O–H groups in total. The van der Waals surface area contributed by atoms with Gasteiger partial charge in [0.2, 0.25) is 0 Å². The zero-order chi connectivity index (χ0) is 13.3. The number of aryl methyl sites for hydroxylation is 2. The van der Waals surface area contributed by atoms with E-state index in [-0.39, 0.29) is 0 Å². The number of rotatable bonds is 3. The van der Waals surface area contributed by atoms with Gasteiger partial charge in [0.05, 0.1) is 4.90 Å². The largest absolute Gasteiger partial charge is 0.263 e. The SMILES string of the molecule is O=S(=O)(Nc1ccccn1)c1ccc2c(c1)CCC2. The second kappa shape index (κ2) is 4.66. The summed E-state index contributed by atoms with van der Waals surface area (Å²) in [6.07, 6.45) is 4.67. The van der Waals surface area contributed by atoms with Crippen LogP contribution in [0.3, 0.4) is 0 Å². The number of nitrogens with zero attached hydrogens (tertiary/aromatic N) is 1. The summed E-state index contributed by atoms with van der Waals surface area (Å²) in [5.74, 6) is 0.336. The van der Waals surface area contributed by atoms with E-state index in [4.69, 9.17) is 0 Å². The molecule has 1 heterocycles. The van der Waals surface area contributed by atoms with Crippen LogP contribution in [0.25, 0.3) is 0 Å². The minimum Gasteiger partial charge on any atom is -0.263 e. The molecule has 0 unspecified atom stereocenters. The Morgan fingerprint density at radius 1 is 1.05 bits per heavy atom. The first-order valence-electron chi connectivity index (χ1n) is 6.21. The molecule has 2 aromatic rings. The van der Waals surface area contributed by atoms with Crippen molar-refractivity contribution < 1.29 is 8.42 Å². The lowest BCUT2D eigenvalue weighted by Crippen LogP contribution is -2.14. The summed E-state index contributed by atoms with van der Waals surface area (Å²) in [6.45, 7) is 0. The second-order valence-corrected chi connectivity index (χ2v) is 6.29. The molecule has 0 aliphatic heterocycles. The summed E-state index contributed by atoms with van der Waals surface area (Å²) >= 11 is 0. The minimum atomic E-state index is -3.55. The molecule has 0 amide bonds. The lowest BCUT2D eigenvalue weighted by molar-refractivity contribution is 0.601. The van der Waals surface area contributed by atoms with Crippen LogP contribution in [0, 0.1) is 0 Å². The van der Waals surface area contributed by atoms with E-state index in [0.717, 1.165) is 24.8 Å². The van der Waals surface area contributed by atoms with Crippen molar-refractivity contribution in [2.24, 2.45) is 0 Å². The zero-order valence-corrected chi connectivity index (χ0v) is 11.2. The van der Waals surface area contributed by atoms with Gasteiger partial charge in [-0.3, -0.25) is 4.72 Å². The van der Waals surface area contributed by atoms with Gasteiger partial charge in [-0.2, -0.15) is 0 Å². The van der Waals surface area contributed by atoms with Gasteiger partial charge in [-0.05, 0) is 54.7 Å². The fourth-order valence-corrected chi connectivity index (χ4v) is 3.39. The molecular formula is C14H14N2O2S. The first-order valence-corrected chi connectivity index (χ1v) is 7.69. The molecule has 98 valence electrons. The van der Waals surface area contributed by atoms with E-state index in [0.29, 0.717) is 10.7 Å². The van der Waals surface area contributed by atoms with Crippen molar-refractivity contribution >= 4 is 15.8 Å². The molecule has 4 nitrogen and oxygen atoms in total. The van der Waals surface area contributed by atoms with E-state index in [2.05, 4.69) is 9.71 Å². The Morgan fingerprint density at radius 3 is 2.68 bits per heavy atom. The van der Waals surface area contributed by atoms with Gasteiger partial charge in [-0.25, -0.2) is 13.4 Å². The number of fused-ring (bicyclic) bond motifs is 1. The predicted octanol–water partition coefficient (Wildman–Crippen LogP) is 2.37. The van der Waals surface area contributed by atoms with Crippen LogP contribution < -0.4 is 4.72 Å².